The SMILES string of the molecule is C=CCN(C)CCCCOCC1CCC(N(C)C(=O)Oc2ccc(Cl)cc2)CC1. The molecule has 1 aromatic carbocycles. The van der Waals surface area contributed by atoms with Crippen LogP contribution in [0, 0.1) is 5.92 Å². The lowest BCUT2D eigenvalue weighted by Crippen LogP contribution is -2.41. The molecule has 1 aromatic rings. The first-order valence-corrected chi connectivity index (χ1v) is 10.9. The van der Waals surface area contributed by atoms with Crippen LogP contribution in [0.1, 0.15) is 38.5 Å². The number of carbonyl (C=O) groups excluding carboxylic acids is 1. The molecular formula is C23H35ClN2O3. The van der Waals surface area contributed by atoms with Crippen LogP contribution in [0.15, 0.2) is 36.9 Å². The summed E-state index contributed by atoms with van der Waals surface area (Å²) in [7, 11) is 3.94. The summed E-state index contributed by atoms with van der Waals surface area (Å²) in [6.07, 6.45) is 8.03. The quantitative estimate of drug-likeness (QED) is 0.361. The molecule has 1 fully saturated rings. The van der Waals surface area contributed by atoms with E-state index >= 15 is 0 Å². The van der Waals surface area contributed by atoms with Gasteiger partial charge < -0.3 is 19.3 Å². The number of likely N-dealkylation sites (N-methyl/N-ethyl adjacent to an activating group) is 1. The number of hydrogen-bond donors (Lipinski definition) is 0. The minimum Gasteiger partial charge on any atom is -0.410 e. The average Bonchev–Trinajstić information content (AvgIpc) is 2.72. The molecule has 1 saturated carbocycles. The Hall–Kier alpha value is -1.56. The largest absolute Gasteiger partial charge is 0.415 e. The number of nitrogens with zero attached hydrogens (tertiary/aromatic N) is 2. The van der Waals surface area contributed by atoms with Crippen LogP contribution in [0.5, 0.6) is 5.75 Å². The molecule has 0 bridgehead atoms. The summed E-state index contributed by atoms with van der Waals surface area (Å²) in [6, 6.07) is 7.08. The topological polar surface area (TPSA) is 42.0 Å². The normalized spacial score (nSPS) is 19.2. The van der Waals surface area contributed by atoms with Gasteiger partial charge in [-0.3, -0.25) is 0 Å². The van der Waals surface area contributed by atoms with E-state index in [4.69, 9.17) is 21.1 Å². The molecule has 0 atom stereocenters. The molecule has 1 aliphatic rings. The van der Waals surface area contributed by atoms with Gasteiger partial charge in [0.1, 0.15) is 5.75 Å². The van der Waals surface area contributed by atoms with Gasteiger partial charge in [0.15, 0.2) is 0 Å². The molecule has 0 heterocycles. The highest BCUT2D eigenvalue weighted by molar-refractivity contribution is 6.30. The van der Waals surface area contributed by atoms with Crippen molar-refractivity contribution in [3.63, 3.8) is 0 Å². The Bertz CT molecular complexity index is 615. The van der Waals surface area contributed by atoms with Gasteiger partial charge in [-0.1, -0.05) is 17.7 Å². The van der Waals surface area contributed by atoms with Crippen molar-refractivity contribution < 1.29 is 14.3 Å². The third kappa shape index (κ3) is 8.77. The fraction of sp³-hybridized carbons (Fsp3) is 0.609. The van der Waals surface area contributed by atoms with E-state index in [2.05, 4.69) is 18.5 Å². The Balaban J connectivity index is 1.58. The van der Waals surface area contributed by atoms with E-state index in [0.717, 1.165) is 64.8 Å². The highest BCUT2D eigenvalue weighted by Gasteiger charge is 2.27. The summed E-state index contributed by atoms with van der Waals surface area (Å²) in [5.74, 6) is 1.11. The number of unbranched alkanes of at least 4 members (excludes halogenated alkanes) is 1. The molecule has 1 amide bonds. The van der Waals surface area contributed by atoms with Crippen molar-refractivity contribution in [3.05, 3.63) is 41.9 Å². The van der Waals surface area contributed by atoms with Gasteiger partial charge in [-0.15, -0.1) is 6.58 Å². The van der Waals surface area contributed by atoms with Crippen molar-refractivity contribution in [2.45, 2.75) is 44.6 Å². The first kappa shape index (κ1) is 23.7. The zero-order chi connectivity index (χ0) is 21.1. The lowest BCUT2D eigenvalue weighted by Gasteiger charge is -2.34. The third-order valence-corrected chi connectivity index (χ3v) is 5.80. The molecule has 5 nitrogen and oxygen atoms in total. The van der Waals surface area contributed by atoms with E-state index in [9.17, 15) is 4.79 Å². The summed E-state index contributed by atoms with van der Waals surface area (Å²) < 4.78 is 11.3. The number of hydrogen-bond acceptors (Lipinski definition) is 4. The van der Waals surface area contributed by atoms with Crippen LogP contribution >= 0.6 is 11.6 Å². The molecule has 162 valence electrons. The Labute approximate surface area is 180 Å². The van der Waals surface area contributed by atoms with Gasteiger partial charge in [0.05, 0.1) is 0 Å². The van der Waals surface area contributed by atoms with Gasteiger partial charge in [0, 0.05) is 37.9 Å². The maximum absolute atomic E-state index is 12.4. The van der Waals surface area contributed by atoms with Crippen LogP contribution in [-0.2, 0) is 4.74 Å². The minimum atomic E-state index is -0.312. The minimum absolute atomic E-state index is 0.228. The van der Waals surface area contributed by atoms with Crippen LogP contribution in [0.4, 0.5) is 4.79 Å². The van der Waals surface area contributed by atoms with Crippen LogP contribution in [0.25, 0.3) is 0 Å². The Morgan fingerprint density at radius 1 is 1.17 bits per heavy atom. The van der Waals surface area contributed by atoms with Crippen molar-refractivity contribution in [3.8, 4) is 5.75 Å². The van der Waals surface area contributed by atoms with E-state index in [1.54, 1.807) is 29.2 Å². The van der Waals surface area contributed by atoms with Gasteiger partial charge in [-0.2, -0.15) is 0 Å². The van der Waals surface area contributed by atoms with Crippen LogP contribution in [0.2, 0.25) is 5.02 Å². The molecule has 0 unspecified atom stereocenters. The molecule has 0 N–H and O–H groups in total. The maximum Gasteiger partial charge on any atom is 0.415 e. The number of halogens is 1. The standard InChI is InChI=1S/C23H35ClN2O3/c1-4-15-25(2)16-5-6-17-28-18-19-7-11-21(12-8-19)26(3)23(27)29-22-13-9-20(24)10-14-22/h4,9-10,13-14,19,21H,1,5-8,11-12,15-18H2,2-3H3. The zero-order valence-corrected chi connectivity index (χ0v) is 18.6. The summed E-state index contributed by atoms with van der Waals surface area (Å²) >= 11 is 5.86. The molecule has 1 aliphatic carbocycles. The number of rotatable bonds is 11. The maximum atomic E-state index is 12.4. The molecular weight excluding hydrogens is 388 g/mol. The fourth-order valence-electron chi connectivity index (χ4n) is 3.67. The lowest BCUT2D eigenvalue weighted by atomic mass is 9.86. The van der Waals surface area contributed by atoms with Crippen molar-refractivity contribution in [2.75, 3.05) is 40.4 Å². The van der Waals surface area contributed by atoms with Crippen LogP contribution in [-0.4, -0.2) is 62.3 Å². The molecule has 0 aromatic heterocycles. The van der Waals surface area contributed by atoms with Gasteiger partial charge in [-0.25, -0.2) is 4.79 Å². The fourth-order valence-corrected chi connectivity index (χ4v) is 3.80. The first-order chi connectivity index (χ1) is 14.0. The van der Waals surface area contributed by atoms with E-state index in [1.807, 2.05) is 13.1 Å². The molecule has 0 spiro atoms. The molecule has 6 heteroatoms. The molecule has 29 heavy (non-hydrogen) atoms. The zero-order valence-electron chi connectivity index (χ0n) is 17.8. The summed E-state index contributed by atoms with van der Waals surface area (Å²) in [6.45, 7) is 7.43. The van der Waals surface area contributed by atoms with E-state index in [0.29, 0.717) is 16.7 Å². The lowest BCUT2D eigenvalue weighted by molar-refractivity contribution is 0.0658. The highest BCUT2D eigenvalue weighted by Crippen LogP contribution is 2.28. The van der Waals surface area contributed by atoms with Crippen molar-refractivity contribution in [1.82, 2.24) is 9.80 Å². The number of ether oxygens (including phenoxy) is 2. The Kier molecular flexibility index (Phi) is 10.5. The van der Waals surface area contributed by atoms with E-state index in [-0.39, 0.29) is 12.1 Å². The van der Waals surface area contributed by atoms with Crippen LogP contribution < -0.4 is 4.74 Å². The second kappa shape index (κ2) is 12.9. The summed E-state index contributed by atoms with van der Waals surface area (Å²) in [4.78, 5) is 16.4. The highest BCUT2D eigenvalue weighted by atomic mass is 35.5. The second-order valence-corrected chi connectivity index (χ2v) is 8.38. The van der Waals surface area contributed by atoms with Gasteiger partial charge in [0.25, 0.3) is 0 Å². The number of carbonyl (C=O) groups is 1. The monoisotopic (exact) mass is 422 g/mol. The Morgan fingerprint density at radius 3 is 2.52 bits per heavy atom. The average molecular weight is 423 g/mol. The van der Waals surface area contributed by atoms with Crippen molar-refractivity contribution in [1.29, 1.82) is 0 Å². The van der Waals surface area contributed by atoms with Crippen molar-refractivity contribution in [2.24, 2.45) is 5.92 Å². The molecule has 0 aliphatic heterocycles. The number of benzene rings is 1. The predicted octanol–water partition coefficient (Wildman–Crippen LogP) is 5.24. The smallest absolute Gasteiger partial charge is 0.410 e. The first-order valence-electron chi connectivity index (χ1n) is 10.6. The molecule has 2 rings (SSSR count). The summed E-state index contributed by atoms with van der Waals surface area (Å²) in [5.41, 5.74) is 0. The third-order valence-electron chi connectivity index (χ3n) is 5.54. The van der Waals surface area contributed by atoms with Gasteiger partial charge >= 0.3 is 6.09 Å². The predicted molar refractivity (Wildman–Crippen MR) is 119 cm³/mol. The number of amides is 1. The van der Waals surface area contributed by atoms with Crippen LogP contribution in [0.3, 0.4) is 0 Å². The van der Waals surface area contributed by atoms with E-state index in [1.165, 1.54) is 0 Å². The molecule has 0 saturated heterocycles. The molecule has 0 radical (unpaired) electrons. The summed E-state index contributed by atoms with van der Waals surface area (Å²) in [5, 5.41) is 0.624. The second-order valence-electron chi connectivity index (χ2n) is 7.94. The van der Waals surface area contributed by atoms with Gasteiger partial charge in [0.2, 0.25) is 0 Å². The Morgan fingerprint density at radius 2 is 1.86 bits per heavy atom. The van der Waals surface area contributed by atoms with E-state index < -0.39 is 0 Å². The van der Waals surface area contributed by atoms with Crippen molar-refractivity contribution >= 4 is 17.7 Å². The van der Waals surface area contributed by atoms with Gasteiger partial charge in [-0.05, 0) is 82.3 Å².